The molecule has 1 fully saturated rings. The van der Waals surface area contributed by atoms with E-state index >= 15 is 0 Å². The van der Waals surface area contributed by atoms with Crippen LogP contribution in [-0.4, -0.2) is 31.0 Å². The Balaban J connectivity index is 1.46. The van der Waals surface area contributed by atoms with Gasteiger partial charge >= 0.3 is 0 Å². The Morgan fingerprint density at radius 2 is 2.03 bits per heavy atom. The van der Waals surface area contributed by atoms with Crippen LogP contribution in [0.5, 0.6) is 0 Å². The van der Waals surface area contributed by atoms with Gasteiger partial charge in [-0.05, 0) is 51.0 Å². The lowest BCUT2D eigenvalue weighted by molar-refractivity contribution is -0.113. The highest BCUT2D eigenvalue weighted by atomic mass is 32.2. The normalized spacial score (nSPS) is 16.7. The van der Waals surface area contributed by atoms with Gasteiger partial charge in [0.15, 0.2) is 5.16 Å². The minimum absolute atomic E-state index is 0.0986. The van der Waals surface area contributed by atoms with Gasteiger partial charge in [-0.3, -0.25) is 18.8 Å². The zero-order valence-electron chi connectivity index (χ0n) is 17.9. The molecule has 0 spiro atoms. The Labute approximate surface area is 189 Å². The van der Waals surface area contributed by atoms with Crippen LogP contribution in [0.25, 0.3) is 10.2 Å². The Morgan fingerprint density at radius 3 is 2.77 bits per heavy atom. The number of carbonyl (C=O) groups excluding carboxylic acids is 1. The molecule has 2 aliphatic rings. The van der Waals surface area contributed by atoms with E-state index in [4.69, 9.17) is 4.98 Å². The summed E-state index contributed by atoms with van der Waals surface area (Å²) in [6.07, 6.45) is 8.66. The number of thiophene rings is 1. The Morgan fingerprint density at radius 1 is 1.26 bits per heavy atom. The van der Waals surface area contributed by atoms with E-state index in [1.165, 1.54) is 28.6 Å². The van der Waals surface area contributed by atoms with Crippen molar-refractivity contribution in [3.63, 3.8) is 0 Å². The van der Waals surface area contributed by atoms with Gasteiger partial charge in [0.05, 0.1) is 16.8 Å². The fourth-order valence-electron chi connectivity index (χ4n) is 4.82. The number of rotatable bonds is 5. The molecule has 31 heavy (non-hydrogen) atoms. The molecule has 0 aliphatic heterocycles. The van der Waals surface area contributed by atoms with Gasteiger partial charge in [-0.15, -0.1) is 11.3 Å². The van der Waals surface area contributed by atoms with Crippen molar-refractivity contribution in [3.8, 4) is 0 Å². The maximum atomic E-state index is 13.7. The molecule has 0 aromatic carbocycles. The molecule has 1 saturated carbocycles. The van der Waals surface area contributed by atoms with Crippen LogP contribution in [-0.2, 0) is 24.7 Å². The van der Waals surface area contributed by atoms with Gasteiger partial charge in [-0.2, -0.15) is 5.10 Å². The van der Waals surface area contributed by atoms with Crippen molar-refractivity contribution in [3.05, 3.63) is 32.6 Å². The van der Waals surface area contributed by atoms with E-state index in [2.05, 4.69) is 10.4 Å². The molecule has 7 nitrogen and oxygen atoms in total. The minimum Gasteiger partial charge on any atom is -0.310 e. The van der Waals surface area contributed by atoms with E-state index in [0.29, 0.717) is 11.0 Å². The van der Waals surface area contributed by atoms with Gasteiger partial charge in [0, 0.05) is 24.0 Å². The molecule has 3 aromatic rings. The predicted octanol–water partition coefficient (Wildman–Crippen LogP) is 4.22. The minimum atomic E-state index is -0.120. The van der Waals surface area contributed by atoms with Gasteiger partial charge in [0.25, 0.3) is 5.56 Å². The van der Waals surface area contributed by atoms with Crippen molar-refractivity contribution in [1.29, 1.82) is 0 Å². The van der Waals surface area contributed by atoms with Crippen molar-refractivity contribution in [1.82, 2.24) is 19.3 Å². The monoisotopic (exact) mass is 457 g/mol. The van der Waals surface area contributed by atoms with E-state index in [0.717, 1.165) is 60.9 Å². The Bertz CT molecular complexity index is 1200. The lowest BCUT2D eigenvalue weighted by Crippen LogP contribution is -2.27. The smallest absolute Gasteiger partial charge is 0.263 e. The number of hydrogen-bond donors (Lipinski definition) is 1. The number of nitrogens with one attached hydrogen (secondary N) is 1. The third-order valence-electron chi connectivity index (χ3n) is 6.28. The van der Waals surface area contributed by atoms with Crippen LogP contribution in [0, 0.1) is 6.92 Å². The summed E-state index contributed by atoms with van der Waals surface area (Å²) in [5.41, 5.74) is 2.19. The first-order valence-electron chi connectivity index (χ1n) is 11.0. The number of hydrogen-bond acceptors (Lipinski definition) is 6. The summed E-state index contributed by atoms with van der Waals surface area (Å²) < 4.78 is 3.57. The molecule has 0 bridgehead atoms. The van der Waals surface area contributed by atoms with Gasteiger partial charge in [0.2, 0.25) is 5.91 Å². The molecule has 0 radical (unpaired) electrons. The molecule has 3 aromatic heterocycles. The SMILES string of the molecule is Cc1cc(NC(=O)CSc2nc3sc4c(c3c(=O)n2C2CCCC2)CCCC4)n(C)n1. The van der Waals surface area contributed by atoms with Crippen molar-refractivity contribution < 1.29 is 4.79 Å². The van der Waals surface area contributed by atoms with Crippen LogP contribution >= 0.6 is 23.1 Å². The van der Waals surface area contributed by atoms with Crippen molar-refractivity contribution in [2.75, 3.05) is 11.1 Å². The molecule has 0 atom stereocenters. The summed E-state index contributed by atoms with van der Waals surface area (Å²) in [5, 5.41) is 8.69. The molecular formula is C22H27N5O2S2. The number of anilines is 1. The number of aromatic nitrogens is 4. The van der Waals surface area contributed by atoms with Crippen molar-refractivity contribution in [2.45, 2.75) is 69.5 Å². The summed E-state index contributed by atoms with van der Waals surface area (Å²) in [5.74, 6) is 0.761. The quantitative estimate of drug-likeness (QED) is 0.458. The largest absolute Gasteiger partial charge is 0.310 e. The first-order chi connectivity index (χ1) is 15.0. The number of amides is 1. The van der Waals surface area contributed by atoms with Gasteiger partial charge in [0.1, 0.15) is 10.6 Å². The standard InChI is InChI=1S/C22H27N5O2S2/c1-13-11-17(26(2)25-13)23-18(28)12-30-22-24-20-19(15-9-5-6-10-16(15)31-20)21(29)27(22)14-7-3-4-8-14/h11,14H,3-10,12H2,1-2H3,(H,23,28). The summed E-state index contributed by atoms with van der Waals surface area (Å²) in [6.45, 7) is 1.89. The van der Waals surface area contributed by atoms with E-state index < -0.39 is 0 Å². The highest BCUT2D eigenvalue weighted by molar-refractivity contribution is 7.99. The van der Waals surface area contributed by atoms with E-state index in [1.54, 1.807) is 16.0 Å². The summed E-state index contributed by atoms with van der Waals surface area (Å²) in [4.78, 5) is 33.4. The molecule has 3 heterocycles. The zero-order chi connectivity index (χ0) is 21.5. The molecule has 2 aliphatic carbocycles. The van der Waals surface area contributed by atoms with E-state index in [-0.39, 0.29) is 23.3 Å². The number of nitrogens with zero attached hydrogens (tertiary/aromatic N) is 4. The highest BCUT2D eigenvalue weighted by Gasteiger charge is 2.27. The maximum absolute atomic E-state index is 13.7. The first-order valence-corrected chi connectivity index (χ1v) is 12.8. The third-order valence-corrected chi connectivity index (χ3v) is 8.42. The topological polar surface area (TPSA) is 81.8 Å². The molecule has 5 rings (SSSR count). The number of aryl methyl sites for hydroxylation is 4. The van der Waals surface area contributed by atoms with Crippen LogP contribution in [0.4, 0.5) is 5.82 Å². The van der Waals surface area contributed by atoms with Crippen LogP contribution in [0.3, 0.4) is 0 Å². The molecule has 164 valence electrons. The molecule has 0 saturated heterocycles. The molecule has 0 unspecified atom stereocenters. The first kappa shape index (κ1) is 20.8. The second kappa shape index (κ2) is 8.43. The second-order valence-electron chi connectivity index (χ2n) is 8.53. The lowest BCUT2D eigenvalue weighted by atomic mass is 9.97. The number of fused-ring (bicyclic) bond motifs is 3. The molecule has 1 amide bonds. The van der Waals surface area contributed by atoms with E-state index in [1.807, 2.05) is 24.6 Å². The fourth-order valence-corrected chi connectivity index (χ4v) is 6.99. The fraction of sp³-hybridized carbons (Fsp3) is 0.545. The van der Waals surface area contributed by atoms with Crippen LogP contribution in [0.2, 0.25) is 0 Å². The maximum Gasteiger partial charge on any atom is 0.263 e. The average Bonchev–Trinajstić information content (AvgIpc) is 3.45. The lowest BCUT2D eigenvalue weighted by Gasteiger charge is -2.18. The van der Waals surface area contributed by atoms with Crippen molar-refractivity contribution in [2.24, 2.45) is 7.05 Å². The summed E-state index contributed by atoms with van der Waals surface area (Å²) >= 11 is 3.04. The average molecular weight is 458 g/mol. The highest BCUT2D eigenvalue weighted by Crippen LogP contribution is 2.37. The van der Waals surface area contributed by atoms with Gasteiger partial charge in [-0.25, -0.2) is 4.98 Å². The van der Waals surface area contributed by atoms with Crippen molar-refractivity contribution >= 4 is 45.0 Å². The second-order valence-corrected chi connectivity index (χ2v) is 10.6. The van der Waals surface area contributed by atoms with Crippen LogP contribution in [0.1, 0.15) is 60.7 Å². The Kier molecular flexibility index (Phi) is 5.64. The molecule has 9 heteroatoms. The summed E-state index contributed by atoms with van der Waals surface area (Å²) in [6, 6.07) is 2.03. The van der Waals surface area contributed by atoms with Gasteiger partial charge < -0.3 is 5.32 Å². The summed E-state index contributed by atoms with van der Waals surface area (Å²) in [7, 11) is 1.81. The molecular weight excluding hydrogens is 430 g/mol. The van der Waals surface area contributed by atoms with Crippen LogP contribution < -0.4 is 10.9 Å². The van der Waals surface area contributed by atoms with Crippen LogP contribution in [0.15, 0.2) is 16.0 Å². The van der Waals surface area contributed by atoms with Gasteiger partial charge in [-0.1, -0.05) is 24.6 Å². The number of carbonyl (C=O) groups is 1. The number of thioether (sulfide) groups is 1. The molecule has 1 N–H and O–H groups in total. The Hall–Kier alpha value is -2.13. The third kappa shape index (κ3) is 3.93. The van der Waals surface area contributed by atoms with E-state index in [9.17, 15) is 9.59 Å². The predicted molar refractivity (Wildman–Crippen MR) is 125 cm³/mol. The zero-order valence-corrected chi connectivity index (χ0v) is 19.6.